The smallest absolute Gasteiger partial charge is 0.337 e. The van der Waals surface area contributed by atoms with Gasteiger partial charge in [0.2, 0.25) is 0 Å². The van der Waals surface area contributed by atoms with E-state index in [4.69, 9.17) is 0 Å². The first-order valence-corrected chi connectivity index (χ1v) is 9.16. The number of nitrogens with zero attached hydrogens (tertiary/aromatic N) is 4. The normalized spacial score (nSPS) is 17.3. The second kappa shape index (κ2) is 7.72. The van der Waals surface area contributed by atoms with Crippen LogP contribution in [0.1, 0.15) is 27.9 Å². The average molecular weight is 362 g/mol. The first-order chi connectivity index (χ1) is 13.2. The van der Waals surface area contributed by atoms with E-state index in [1.165, 1.54) is 12.0 Å². The van der Waals surface area contributed by atoms with Crippen LogP contribution in [-0.2, 0) is 13.0 Å². The van der Waals surface area contributed by atoms with Crippen LogP contribution in [0.4, 0.5) is 0 Å². The monoisotopic (exact) mass is 362 g/mol. The molecule has 1 N–H and O–H groups in total. The summed E-state index contributed by atoms with van der Waals surface area (Å²) in [6.07, 6.45) is 9.74. The van der Waals surface area contributed by atoms with Crippen LogP contribution in [0.2, 0.25) is 0 Å². The second-order valence-electron chi connectivity index (χ2n) is 7.06. The van der Waals surface area contributed by atoms with Crippen molar-refractivity contribution < 1.29 is 9.90 Å². The number of aromatic nitrogens is 3. The van der Waals surface area contributed by atoms with Crippen LogP contribution in [0.5, 0.6) is 0 Å². The highest BCUT2D eigenvalue weighted by atomic mass is 16.4. The maximum atomic E-state index is 11.4. The lowest BCUT2D eigenvalue weighted by Gasteiger charge is -2.15. The molecule has 1 aliphatic heterocycles. The van der Waals surface area contributed by atoms with Gasteiger partial charge in [0.15, 0.2) is 0 Å². The molecule has 6 heteroatoms. The molecule has 2 aromatic heterocycles. The van der Waals surface area contributed by atoms with Crippen molar-refractivity contribution in [3.8, 4) is 5.69 Å². The van der Waals surface area contributed by atoms with Crippen molar-refractivity contribution in [2.24, 2.45) is 5.92 Å². The number of carbonyl (C=O) groups is 1. The average Bonchev–Trinajstić information content (AvgIpc) is 3.32. The summed E-state index contributed by atoms with van der Waals surface area (Å²) in [5.41, 5.74) is 3.29. The SMILES string of the molecule is O=C(O)c1ccccc1-n1cc(CN2CCC(Cc3ccncc3)C2)cn1. The predicted molar refractivity (Wildman–Crippen MR) is 102 cm³/mol. The van der Waals surface area contributed by atoms with Crippen molar-refractivity contribution in [3.05, 3.63) is 77.9 Å². The number of pyridine rings is 1. The number of carboxylic acid groups (broad SMARTS) is 1. The molecule has 0 amide bonds. The summed E-state index contributed by atoms with van der Waals surface area (Å²) in [6.45, 7) is 2.98. The largest absolute Gasteiger partial charge is 0.478 e. The molecule has 0 radical (unpaired) electrons. The Morgan fingerprint density at radius 1 is 1.15 bits per heavy atom. The molecule has 0 aliphatic carbocycles. The molecule has 27 heavy (non-hydrogen) atoms. The van der Waals surface area contributed by atoms with E-state index in [1.54, 1.807) is 22.9 Å². The van der Waals surface area contributed by atoms with Gasteiger partial charge in [-0.3, -0.25) is 9.88 Å². The molecule has 4 rings (SSSR count). The molecule has 0 bridgehead atoms. The van der Waals surface area contributed by atoms with Gasteiger partial charge in [-0.05, 0) is 55.1 Å². The van der Waals surface area contributed by atoms with Gasteiger partial charge < -0.3 is 5.11 Å². The van der Waals surface area contributed by atoms with E-state index in [0.717, 1.165) is 31.6 Å². The van der Waals surface area contributed by atoms with Crippen LogP contribution in [0.25, 0.3) is 5.69 Å². The number of hydrogen-bond donors (Lipinski definition) is 1. The fourth-order valence-corrected chi connectivity index (χ4v) is 3.76. The number of carboxylic acids is 1. The summed E-state index contributed by atoms with van der Waals surface area (Å²) in [7, 11) is 0. The number of likely N-dealkylation sites (tertiary alicyclic amines) is 1. The minimum absolute atomic E-state index is 0.255. The van der Waals surface area contributed by atoms with E-state index in [2.05, 4.69) is 27.1 Å². The zero-order chi connectivity index (χ0) is 18.6. The topological polar surface area (TPSA) is 71.2 Å². The molecule has 0 saturated carbocycles. The molecule has 3 heterocycles. The fraction of sp³-hybridized carbons (Fsp3) is 0.286. The van der Waals surface area contributed by atoms with E-state index < -0.39 is 5.97 Å². The Morgan fingerprint density at radius 2 is 1.96 bits per heavy atom. The molecule has 138 valence electrons. The molecule has 1 saturated heterocycles. The summed E-state index contributed by atoms with van der Waals surface area (Å²) in [4.78, 5) is 17.9. The van der Waals surface area contributed by atoms with Crippen molar-refractivity contribution >= 4 is 5.97 Å². The Morgan fingerprint density at radius 3 is 2.78 bits per heavy atom. The number of aromatic carboxylic acids is 1. The van der Waals surface area contributed by atoms with Crippen molar-refractivity contribution in [1.29, 1.82) is 0 Å². The van der Waals surface area contributed by atoms with Crippen molar-refractivity contribution in [1.82, 2.24) is 19.7 Å². The van der Waals surface area contributed by atoms with Crippen LogP contribution in [0, 0.1) is 5.92 Å². The fourth-order valence-electron chi connectivity index (χ4n) is 3.76. The molecular weight excluding hydrogens is 340 g/mol. The lowest BCUT2D eigenvalue weighted by atomic mass is 10.00. The summed E-state index contributed by atoms with van der Waals surface area (Å²) in [6, 6.07) is 11.1. The third-order valence-electron chi connectivity index (χ3n) is 5.07. The van der Waals surface area contributed by atoms with Gasteiger partial charge >= 0.3 is 5.97 Å². The molecule has 1 aromatic carbocycles. The van der Waals surface area contributed by atoms with Crippen LogP contribution in [0.15, 0.2) is 61.2 Å². The summed E-state index contributed by atoms with van der Waals surface area (Å²) >= 11 is 0. The maximum Gasteiger partial charge on any atom is 0.337 e. The molecule has 1 unspecified atom stereocenters. The van der Waals surface area contributed by atoms with Gasteiger partial charge in [-0.2, -0.15) is 5.10 Å². The number of para-hydroxylation sites is 1. The highest BCUT2D eigenvalue weighted by Gasteiger charge is 2.23. The molecule has 1 fully saturated rings. The summed E-state index contributed by atoms with van der Waals surface area (Å²) in [5.74, 6) is -0.281. The van der Waals surface area contributed by atoms with E-state index in [9.17, 15) is 9.90 Å². The Balaban J connectivity index is 1.40. The first kappa shape index (κ1) is 17.4. The van der Waals surface area contributed by atoms with Crippen LogP contribution >= 0.6 is 0 Å². The van der Waals surface area contributed by atoms with Crippen LogP contribution < -0.4 is 0 Å². The Hall–Kier alpha value is -2.99. The standard InChI is InChI=1S/C21H22N4O2/c26-21(27)19-3-1-2-4-20(19)25-15-18(12-23-25)14-24-10-7-17(13-24)11-16-5-8-22-9-6-16/h1-6,8-9,12,15,17H,7,10-11,13-14H2,(H,26,27). The quantitative estimate of drug-likeness (QED) is 0.730. The van der Waals surface area contributed by atoms with E-state index >= 15 is 0 Å². The molecule has 6 nitrogen and oxygen atoms in total. The zero-order valence-corrected chi connectivity index (χ0v) is 15.0. The minimum atomic E-state index is -0.943. The summed E-state index contributed by atoms with van der Waals surface area (Å²) < 4.78 is 1.66. The number of hydrogen-bond acceptors (Lipinski definition) is 4. The third kappa shape index (κ3) is 4.06. The van der Waals surface area contributed by atoms with E-state index in [0.29, 0.717) is 11.6 Å². The van der Waals surface area contributed by atoms with Crippen LogP contribution in [0.3, 0.4) is 0 Å². The molecule has 1 atom stereocenters. The van der Waals surface area contributed by atoms with Gasteiger partial charge in [-0.25, -0.2) is 9.48 Å². The zero-order valence-electron chi connectivity index (χ0n) is 15.0. The minimum Gasteiger partial charge on any atom is -0.478 e. The van der Waals surface area contributed by atoms with Gasteiger partial charge in [0, 0.05) is 37.2 Å². The highest BCUT2D eigenvalue weighted by Crippen LogP contribution is 2.23. The van der Waals surface area contributed by atoms with Crippen molar-refractivity contribution in [2.45, 2.75) is 19.4 Å². The van der Waals surface area contributed by atoms with E-state index in [1.807, 2.05) is 30.9 Å². The number of benzene rings is 1. The van der Waals surface area contributed by atoms with Gasteiger partial charge in [0.25, 0.3) is 0 Å². The molecule has 1 aliphatic rings. The third-order valence-corrected chi connectivity index (χ3v) is 5.07. The van der Waals surface area contributed by atoms with Gasteiger partial charge in [-0.1, -0.05) is 12.1 Å². The lowest BCUT2D eigenvalue weighted by Crippen LogP contribution is -2.20. The van der Waals surface area contributed by atoms with E-state index in [-0.39, 0.29) is 5.56 Å². The van der Waals surface area contributed by atoms with Gasteiger partial charge in [-0.15, -0.1) is 0 Å². The molecule has 0 spiro atoms. The Labute approximate surface area is 158 Å². The maximum absolute atomic E-state index is 11.4. The highest BCUT2D eigenvalue weighted by molar-refractivity contribution is 5.91. The first-order valence-electron chi connectivity index (χ1n) is 9.16. The Kier molecular flexibility index (Phi) is 4.98. The lowest BCUT2D eigenvalue weighted by molar-refractivity contribution is 0.0696. The summed E-state index contributed by atoms with van der Waals surface area (Å²) in [5, 5.41) is 13.7. The predicted octanol–water partition coefficient (Wildman–Crippen LogP) is 3.03. The van der Waals surface area contributed by atoms with Gasteiger partial charge in [0.05, 0.1) is 17.4 Å². The van der Waals surface area contributed by atoms with Crippen molar-refractivity contribution in [3.63, 3.8) is 0 Å². The number of rotatable bonds is 6. The van der Waals surface area contributed by atoms with Crippen molar-refractivity contribution in [2.75, 3.05) is 13.1 Å². The molecule has 3 aromatic rings. The van der Waals surface area contributed by atoms with Crippen LogP contribution in [-0.4, -0.2) is 43.8 Å². The van der Waals surface area contributed by atoms with Gasteiger partial charge in [0.1, 0.15) is 0 Å². The molecular formula is C21H22N4O2. The Bertz CT molecular complexity index is 923. The second-order valence-corrected chi connectivity index (χ2v) is 7.06.